The fourth-order valence-corrected chi connectivity index (χ4v) is 2.91. The maximum absolute atomic E-state index is 4.70. The van der Waals surface area contributed by atoms with Gasteiger partial charge in [-0.25, -0.2) is 4.98 Å². The van der Waals surface area contributed by atoms with E-state index in [0.717, 1.165) is 6.54 Å². The number of hydrogen-bond donors (Lipinski definition) is 1. The lowest BCUT2D eigenvalue weighted by Crippen LogP contribution is -2.22. The molecule has 0 saturated heterocycles. The normalized spacial score (nSPS) is 12.9. The SMILES string of the molecule is CCCCCC(NCCC)c1nc(C)c(C)s1. The molecule has 0 fully saturated rings. The molecule has 3 heteroatoms. The van der Waals surface area contributed by atoms with Crippen LogP contribution in [0.4, 0.5) is 0 Å². The smallest absolute Gasteiger partial charge is 0.110 e. The zero-order valence-electron chi connectivity index (χ0n) is 11.7. The number of unbranched alkanes of at least 4 members (excludes halogenated alkanes) is 2. The van der Waals surface area contributed by atoms with E-state index in [9.17, 15) is 0 Å². The van der Waals surface area contributed by atoms with Gasteiger partial charge in [-0.2, -0.15) is 0 Å². The van der Waals surface area contributed by atoms with E-state index >= 15 is 0 Å². The highest BCUT2D eigenvalue weighted by atomic mass is 32.1. The Balaban J connectivity index is 2.60. The molecule has 0 saturated carbocycles. The van der Waals surface area contributed by atoms with E-state index in [4.69, 9.17) is 4.98 Å². The van der Waals surface area contributed by atoms with Crippen molar-refractivity contribution in [3.8, 4) is 0 Å². The number of rotatable bonds is 8. The summed E-state index contributed by atoms with van der Waals surface area (Å²) in [6, 6.07) is 0.471. The third-order valence-electron chi connectivity index (χ3n) is 3.08. The van der Waals surface area contributed by atoms with Crippen molar-refractivity contribution in [2.45, 2.75) is 65.8 Å². The topological polar surface area (TPSA) is 24.9 Å². The van der Waals surface area contributed by atoms with Gasteiger partial charge in [0.2, 0.25) is 0 Å². The average molecular weight is 254 g/mol. The number of nitrogens with zero attached hydrogens (tertiary/aromatic N) is 1. The van der Waals surface area contributed by atoms with Crippen LogP contribution in [0.1, 0.15) is 67.6 Å². The van der Waals surface area contributed by atoms with Gasteiger partial charge in [0.15, 0.2) is 0 Å². The minimum absolute atomic E-state index is 0.471. The molecule has 0 amide bonds. The molecule has 0 aliphatic heterocycles. The van der Waals surface area contributed by atoms with Crippen LogP contribution in [-0.2, 0) is 0 Å². The molecular weight excluding hydrogens is 228 g/mol. The highest BCUT2D eigenvalue weighted by Crippen LogP contribution is 2.26. The molecule has 1 rings (SSSR count). The molecule has 0 bridgehead atoms. The van der Waals surface area contributed by atoms with Crippen LogP contribution in [0.15, 0.2) is 0 Å². The lowest BCUT2D eigenvalue weighted by Gasteiger charge is -2.15. The van der Waals surface area contributed by atoms with Gasteiger partial charge in [-0.3, -0.25) is 0 Å². The first kappa shape index (κ1) is 14.7. The predicted octanol–water partition coefficient (Wildman–Crippen LogP) is 4.38. The summed E-state index contributed by atoms with van der Waals surface area (Å²) in [7, 11) is 0. The molecule has 1 aromatic rings. The molecular formula is C14H26N2S. The van der Waals surface area contributed by atoms with Crippen molar-refractivity contribution < 1.29 is 0 Å². The highest BCUT2D eigenvalue weighted by Gasteiger charge is 2.15. The highest BCUT2D eigenvalue weighted by molar-refractivity contribution is 7.11. The van der Waals surface area contributed by atoms with Gasteiger partial charge in [0.25, 0.3) is 0 Å². The summed E-state index contributed by atoms with van der Waals surface area (Å²) < 4.78 is 0. The van der Waals surface area contributed by atoms with Gasteiger partial charge < -0.3 is 5.32 Å². The Bertz CT molecular complexity index is 301. The van der Waals surface area contributed by atoms with E-state index in [0.29, 0.717) is 6.04 Å². The first-order valence-corrected chi connectivity index (χ1v) is 7.68. The molecule has 0 aromatic carbocycles. The second-order valence-electron chi connectivity index (χ2n) is 4.70. The first-order valence-electron chi connectivity index (χ1n) is 6.86. The van der Waals surface area contributed by atoms with Crippen LogP contribution in [0.3, 0.4) is 0 Å². The van der Waals surface area contributed by atoms with Gasteiger partial charge in [0.1, 0.15) is 5.01 Å². The lowest BCUT2D eigenvalue weighted by molar-refractivity contribution is 0.472. The van der Waals surface area contributed by atoms with Crippen molar-refractivity contribution in [3.05, 3.63) is 15.6 Å². The van der Waals surface area contributed by atoms with E-state index in [2.05, 4.69) is 33.0 Å². The minimum Gasteiger partial charge on any atom is -0.308 e. The van der Waals surface area contributed by atoms with Crippen LogP contribution in [-0.4, -0.2) is 11.5 Å². The van der Waals surface area contributed by atoms with E-state index in [1.165, 1.54) is 47.7 Å². The van der Waals surface area contributed by atoms with Crippen LogP contribution in [0.5, 0.6) is 0 Å². The molecule has 0 aliphatic carbocycles. The maximum atomic E-state index is 4.70. The van der Waals surface area contributed by atoms with Crippen molar-refractivity contribution >= 4 is 11.3 Å². The molecule has 98 valence electrons. The van der Waals surface area contributed by atoms with Gasteiger partial charge in [-0.15, -0.1) is 11.3 Å². The fourth-order valence-electron chi connectivity index (χ4n) is 1.88. The largest absolute Gasteiger partial charge is 0.308 e. The van der Waals surface area contributed by atoms with E-state index in [-0.39, 0.29) is 0 Å². The molecule has 0 aliphatic rings. The van der Waals surface area contributed by atoms with Crippen LogP contribution >= 0.6 is 11.3 Å². The molecule has 1 unspecified atom stereocenters. The van der Waals surface area contributed by atoms with Gasteiger partial charge in [0.05, 0.1) is 11.7 Å². The first-order chi connectivity index (χ1) is 8.19. The van der Waals surface area contributed by atoms with Gasteiger partial charge >= 0.3 is 0 Å². The number of aromatic nitrogens is 1. The van der Waals surface area contributed by atoms with Gasteiger partial charge in [0, 0.05) is 4.88 Å². The summed E-state index contributed by atoms with van der Waals surface area (Å²) in [5, 5.41) is 4.92. The molecule has 1 atom stereocenters. The van der Waals surface area contributed by atoms with Crippen LogP contribution in [0.25, 0.3) is 0 Å². The molecule has 1 aromatic heterocycles. The van der Waals surface area contributed by atoms with Crippen molar-refractivity contribution in [1.82, 2.24) is 10.3 Å². The third kappa shape index (κ3) is 4.76. The zero-order chi connectivity index (χ0) is 12.7. The van der Waals surface area contributed by atoms with Crippen molar-refractivity contribution in [3.63, 3.8) is 0 Å². The molecule has 0 spiro atoms. The summed E-state index contributed by atoms with van der Waals surface area (Å²) in [5.74, 6) is 0. The van der Waals surface area contributed by atoms with Crippen LogP contribution in [0, 0.1) is 13.8 Å². The van der Waals surface area contributed by atoms with E-state index < -0.39 is 0 Å². The number of nitrogens with one attached hydrogen (secondary N) is 1. The molecule has 2 nitrogen and oxygen atoms in total. The quantitative estimate of drug-likeness (QED) is 0.696. The number of hydrogen-bond acceptors (Lipinski definition) is 3. The summed E-state index contributed by atoms with van der Waals surface area (Å²) in [6.07, 6.45) is 6.33. The van der Waals surface area contributed by atoms with Gasteiger partial charge in [-0.05, 0) is 33.2 Å². The lowest BCUT2D eigenvalue weighted by atomic mass is 10.1. The second kappa shape index (κ2) is 7.83. The minimum atomic E-state index is 0.471. The summed E-state index contributed by atoms with van der Waals surface area (Å²) in [5.41, 5.74) is 1.20. The Morgan fingerprint density at radius 1 is 1.18 bits per heavy atom. The summed E-state index contributed by atoms with van der Waals surface area (Å²) in [6.45, 7) is 9.84. The molecule has 0 radical (unpaired) electrons. The van der Waals surface area contributed by atoms with E-state index in [1.54, 1.807) is 0 Å². The standard InChI is InChI=1S/C14H26N2S/c1-5-7-8-9-13(15-10-6-2)14-16-11(3)12(4)17-14/h13,15H,5-10H2,1-4H3. The summed E-state index contributed by atoms with van der Waals surface area (Å²) in [4.78, 5) is 6.06. The Morgan fingerprint density at radius 2 is 1.94 bits per heavy atom. The van der Waals surface area contributed by atoms with Gasteiger partial charge in [-0.1, -0.05) is 33.1 Å². The molecule has 1 N–H and O–H groups in total. The second-order valence-corrected chi connectivity index (χ2v) is 5.93. The maximum Gasteiger partial charge on any atom is 0.110 e. The third-order valence-corrected chi connectivity index (χ3v) is 4.27. The van der Waals surface area contributed by atoms with Crippen LogP contribution in [0.2, 0.25) is 0 Å². The average Bonchev–Trinajstić information content (AvgIpc) is 2.64. The van der Waals surface area contributed by atoms with Crippen molar-refractivity contribution in [2.75, 3.05) is 6.54 Å². The van der Waals surface area contributed by atoms with E-state index in [1.807, 2.05) is 11.3 Å². The molecule has 17 heavy (non-hydrogen) atoms. The molecule has 1 heterocycles. The fraction of sp³-hybridized carbons (Fsp3) is 0.786. The Hall–Kier alpha value is -0.410. The van der Waals surface area contributed by atoms with Crippen molar-refractivity contribution in [2.24, 2.45) is 0 Å². The monoisotopic (exact) mass is 254 g/mol. The van der Waals surface area contributed by atoms with Crippen LogP contribution < -0.4 is 5.32 Å². The van der Waals surface area contributed by atoms with Crippen molar-refractivity contribution in [1.29, 1.82) is 0 Å². The predicted molar refractivity (Wildman–Crippen MR) is 76.8 cm³/mol. The Morgan fingerprint density at radius 3 is 2.47 bits per heavy atom. The Labute approximate surface area is 110 Å². The summed E-state index contributed by atoms with van der Waals surface area (Å²) >= 11 is 1.86. The Kier molecular flexibility index (Phi) is 6.75. The number of thiazole rings is 1. The number of aryl methyl sites for hydroxylation is 2. The zero-order valence-corrected chi connectivity index (χ0v) is 12.5.